The number of likely N-dealkylation sites (tertiary alicyclic amines) is 1. The number of rotatable bonds is 11. The van der Waals surface area contributed by atoms with Crippen LogP contribution in [0.5, 0.6) is 0 Å². The van der Waals surface area contributed by atoms with E-state index in [1.165, 1.54) is 5.56 Å². The van der Waals surface area contributed by atoms with Crippen LogP contribution in [0.2, 0.25) is 0 Å². The molecule has 1 aromatic carbocycles. The van der Waals surface area contributed by atoms with Gasteiger partial charge in [0.25, 0.3) is 5.91 Å². The summed E-state index contributed by atoms with van der Waals surface area (Å²) in [5.41, 5.74) is 2.94. The SMILES string of the molecule is O=CCCCCN1CCC(c2ccc3c(c2)CN(C(C=O)CCC=O)C3=O)CC1. The molecule has 0 bridgehead atoms. The Bertz CT molecular complexity index is 740. The monoisotopic (exact) mass is 398 g/mol. The Hall–Kier alpha value is -2.34. The first-order chi connectivity index (χ1) is 14.2. The highest BCUT2D eigenvalue weighted by Crippen LogP contribution is 2.33. The van der Waals surface area contributed by atoms with Gasteiger partial charge >= 0.3 is 0 Å². The van der Waals surface area contributed by atoms with Crippen molar-refractivity contribution in [2.75, 3.05) is 19.6 Å². The molecule has 0 radical (unpaired) electrons. The maximum Gasteiger partial charge on any atom is 0.255 e. The topological polar surface area (TPSA) is 74.8 Å². The number of benzene rings is 1. The maximum absolute atomic E-state index is 12.7. The van der Waals surface area contributed by atoms with Crippen LogP contribution in [0.25, 0.3) is 0 Å². The number of unbranched alkanes of at least 4 members (excludes halogenated alkanes) is 2. The summed E-state index contributed by atoms with van der Waals surface area (Å²) in [6.07, 6.45) is 8.10. The molecule has 0 aromatic heterocycles. The second kappa shape index (κ2) is 10.4. The van der Waals surface area contributed by atoms with Gasteiger partial charge in [0.15, 0.2) is 0 Å². The van der Waals surface area contributed by atoms with Gasteiger partial charge in [-0.05, 0) is 74.8 Å². The lowest BCUT2D eigenvalue weighted by atomic mass is 9.88. The summed E-state index contributed by atoms with van der Waals surface area (Å²) < 4.78 is 0. The van der Waals surface area contributed by atoms with Crippen molar-refractivity contribution in [3.63, 3.8) is 0 Å². The summed E-state index contributed by atoms with van der Waals surface area (Å²) in [4.78, 5) is 49.2. The molecule has 29 heavy (non-hydrogen) atoms. The van der Waals surface area contributed by atoms with E-state index in [0.717, 1.165) is 69.7 Å². The van der Waals surface area contributed by atoms with E-state index in [1.54, 1.807) is 4.90 Å². The largest absolute Gasteiger partial charge is 0.325 e. The Kier molecular flexibility index (Phi) is 7.69. The summed E-state index contributed by atoms with van der Waals surface area (Å²) in [6.45, 7) is 3.63. The summed E-state index contributed by atoms with van der Waals surface area (Å²) in [6, 6.07) is 5.57. The average Bonchev–Trinajstić information content (AvgIpc) is 3.08. The zero-order chi connectivity index (χ0) is 20.6. The van der Waals surface area contributed by atoms with Crippen LogP contribution in [0.1, 0.15) is 72.3 Å². The van der Waals surface area contributed by atoms with Gasteiger partial charge in [-0.15, -0.1) is 0 Å². The molecule has 0 aliphatic carbocycles. The van der Waals surface area contributed by atoms with Gasteiger partial charge < -0.3 is 24.2 Å². The molecular weight excluding hydrogens is 368 g/mol. The number of hydrogen-bond acceptors (Lipinski definition) is 5. The van der Waals surface area contributed by atoms with Crippen molar-refractivity contribution in [3.8, 4) is 0 Å². The third-order valence-electron chi connectivity index (χ3n) is 6.20. The number of fused-ring (bicyclic) bond motifs is 1. The lowest BCUT2D eigenvalue weighted by Crippen LogP contribution is -2.36. The fourth-order valence-corrected chi connectivity index (χ4v) is 4.47. The molecular formula is C23H30N2O4. The first-order valence-electron chi connectivity index (χ1n) is 10.7. The van der Waals surface area contributed by atoms with E-state index in [9.17, 15) is 19.2 Å². The molecule has 2 heterocycles. The zero-order valence-electron chi connectivity index (χ0n) is 16.9. The van der Waals surface area contributed by atoms with Crippen molar-refractivity contribution < 1.29 is 19.2 Å². The highest BCUT2D eigenvalue weighted by atomic mass is 16.2. The fraction of sp³-hybridized carbons (Fsp3) is 0.565. The number of nitrogens with zero attached hydrogens (tertiary/aromatic N) is 2. The first kappa shape index (κ1) is 21.4. The summed E-state index contributed by atoms with van der Waals surface area (Å²) in [7, 11) is 0. The van der Waals surface area contributed by atoms with E-state index < -0.39 is 6.04 Å². The normalized spacial score (nSPS) is 18.5. The van der Waals surface area contributed by atoms with Gasteiger partial charge in [-0.2, -0.15) is 0 Å². The molecule has 0 saturated carbocycles. The van der Waals surface area contributed by atoms with Crippen LogP contribution in [0.4, 0.5) is 0 Å². The quantitative estimate of drug-likeness (QED) is 0.423. The van der Waals surface area contributed by atoms with Crippen molar-refractivity contribution in [2.24, 2.45) is 0 Å². The average molecular weight is 399 g/mol. The molecule has 2 aliphatic heterocycles. The molecule has 156 valence electrons. The molecule has 6 nitrogen and oxygen atoms in total. The lowest BCUT2D eigenvalue weighted by Gasteiger charge is -2.32. The van der Waals surface area contributed by atoms with Crippen LogP contribution in [0, 0.1) is 0 Å². The van der Waals surface area contributed by atoms with Crippen LogP contribution in [-0.2, 0) is 20.9 Å². The second-order valence-electron chi connectivity index (χ2n) is 8.08. The van der Waals surface area contributed by atoms with Crippen LogP contribution in [0.3, 0.4) is 0 Å². The van der Waals surface area contributed by atoms with E-state index in [2.05, 4.69) is 17.0 Å². The van der Waals surface area contributed by atoms with Gasteiger partial charge in [0.2, 0.25) is 0 Å². The molecule has 3 rings (SSSR count). The third kappa shape index (κ3) is 5.18. The Labute approximate surface area is 172 Å². The molecule has 1 unspecified atom stereocenters. The highest BCUT2D eigenvalue weighted by molar-refractivity contribution is 5.99. The van der Waals surface area contributed by atoms with Crippen molar-refractivity contribution >= 4 is 24.8 Å². The first-order valence-corrected chi connectivity index (χ1v) is 10.7. The Balaban J connectivity index is 1.58. The Morgan fingerprint density at radius 1 is 1.03 bits per heavy atom. The summed E-state index contributed by atoms with van der Waals surface area (Å²) in [5, 5.41) is 0. The van der Waals surface area contributed by atoms with Gasteiger partial charge in [-0.25, -0.2) is 0 Å². The van der Waals surface area contributed by atoms with E-state index in [-0.39, 0.29) is 12.3 Å². The van der Waals surface area contributed by atoms with Gasteiger partial charge in [-0.1, -0.05) is 12.1 Å². The predicted octanol–water partition coefficient (Wildman–Crippen LogP) is 2.74. The highest BCUT2D eigenvalue weighted by Gasteiger charge is 2.33. The molecule has 1 aromatic rings. The second-order valence-corrected chi connectivity index (χ2v) is 8.08. The van der Waals surface area contributed by atoms with Crippen LogP contribution in [0.15, 0.2) is 18.2 Å². The summed E-state index contributed by atoms with van der Waals surface area (Å²) in [5.74, 6) is 0.382. The summed E-state index contributed by atoms with van der Waals surface area (Å²) >= 11 is 0. The number of piperidine rings is 1. The Morgan fingerprint density at radius 2 is 1.79 bits per heavy atom. The Morgan fingerprint density at radius 3 is 2.48 bits per heavy atom. The lowest BCUT2D eigenvalue weighted by molar-refractivity contribution is -0.112. The van der Waals surface area contributed by atoms with Gasteiger partial charge in [0, 0.05) is 24.9 Å². The molecule has 1 amide bonds. The molecule has 1 atom stereocenters. The molecule has 1 saturated heterocycles. The minimum absolute atomic E-state index is 0.111. The van der Waals surface area contributed by atoms with Gasteiger partial charge in [0.05, 0.1) is 6.04 Å². The zero-order valence-corrected chi connectivity index (χ0v) is 16.9. The van der Waals surface area contributed by atoms with Crippen LogP contribution < -0.4 is 0 Å². The number of hydrogen-bond donors (Lipinski definition) is 0. The molecule has 0 spiro atoms. The molecule has 2 aliphatic rings. The standard InChI is InChI=1S/C23H30N2O4/c26-13-3-1-2-10-24-11-8-18(9-12-24)19-6-7-22-20(15-19)16-25(23(22)29)21(17-28)5-4-14-27/h6-7,13-15,17-18,21H,1-5,8-12,16H2. The predicted molar refractivity (Wildman–Crippen MR) is 110 cm³/mol. The van der Waals surface area contributed by atoms with Gasteiger partial charge in [0.1, 0.15) is 18.9 Å². The van der Waals surface area contributed by atoms with Crippen molar-refractivity contribution in [3.05, 3.63) is 34.9 Å². The van der Waals surface area contributed by atoms with E-state index >= 15 is 0 Å². The molecule has 1 fully saturated rings. The molecule has 0 N–H and O–H groups in total. The van der Waals surface area contributed by atoms with Crippen molar-refractivity contribution in [1.29, 1.82) is 0 Å². The fourth-order valence-electron chi connectivity index (χ4n) is 4.47. The number of carbonyl (C=O) groups is 4. The third-order valence-corrected chi connectivity index (χ3v) is 6.20. The van der Waals surface area contributed by atoms with E-state index in [4.69, 9.17) is 0 Å². The smallest absolute Gasteiger partial charge is 0.255 e. The minimum Gasteiger partial charge on any atom is -0.325 e. The molecule has 6 heteroatoms. The van der Waals surface area contributed by atoms with Crippen LogP contribution >= 0.6 is 0 Å². The van der Waals surface area contributed by atoms with Crippen molar-refractivity contribution in [2.45, 2.75) is 63.5 Å². The number of amides is 1. The van der Waals surface area contributed by atoms with Gasteiger partial charge in [-0.3, -0.25) is 4.79 Å². The van der Waals surface area contributed by atoms with E-state index in [0.29, 0.717) is 30.9 Å². The number of aldehydes is 3. The maximum atomic E-state index is 12.7. The number of carbonyl (C=O) groups excluding carboxylic acids is 4. The van der Waals surface area contributed by atoms with E-state index in [1.807, 2.05) is 6.07 Å². The van der Waals surface area contributed by atoms with Crippen LogP contribution in [-0.4, -0.2) is 60.2 Å². The van der Waals surface area contributed by atoms with Crippen molar-refractivity contribution in [1.82, 2.24) is 9.80 Å². The minimum atomic E-state index is -0.536.